The average Bonchev–Trinajstić information content (AvgIpc) is 3.09. The molecule has 4 aliphatic rings. The molecule has 3 saturated carbocycles. The molecule has 4 rings (SSSR count). The summed E-state index contributed by atoms with van der Waals surface area (Å²) in [6.07, 6.45) is 14.7. The lowest BCUT2D eigenvalue weighted by atomic mass is 9.49. The third-order valence-corrected chi connectivity index (χ3v) is 10.5. The maximum Gasteiger partial charge on any atom is 0.0661 e. The molecule has 0 amide bonds. The number of rotatable bonds is 7. The van der Waals surface area contributed by atoms with Gasteiger partial charge in [0.2, 0.25) is 0 Å². The molecule has 176 valence electrons. The van der Waals surface area contributed by atoms with Gasteiger partial charge in [0.25, 0.3) is 0 Å². The van der Waals surface area contributed by atoms with Crippen LogP contribution in [0.3, 0.4) is 0 Å². The SMILES string of the molecule is CCCC[C@H](CCO)[C@H](C)[C@H]1CC[C@H]2C3=CC=C4C[C@@H](O)C[C@H](O)[C@]4(C)[C@H]3CC[C@]12C. The monoisotopic (exact) mass is 430 g/mol. The predicted octanol–water partition coefficient (Wildman–Crippen LogP) is 5.64. The van der Waals surface area contributed by atoms with Crippen molar-refractivity contribution in [2.24, 2.45) is 40.4 Å². The average molecular weight is 431 g/mol. The molecule has 9 atom stereocenters. The van der Waals surface area contributed by atoms with E-state index in [1.165, 1.54) is 44.1 Å². The van der Waals surface area contributed by atoms with Crippen molar-refractivity contribution in [3.63, 3.8) is 0 Å². The van der Waals surface area contributed by atoms with Crippen molar-refractivity contribution in [1.82, 2.24) is 0 Å². The standard InChI is InChI=1S/C28H46O3/c1-5-6-7-19(13-15-29)18(2)23-10-11-24-22-9-8-20-16-21(30)17-26(31)28(20,4)25(22)12-14-27(23,24)3/h8-9,18-19,21,23-26,29-31H,5-7,10-17H2,1-4H3/t18-,19+,21+,23+,24-,25-,26-,27+,28-/m0/s1. The first-order chi connectivity index (χ1) is 14.8. The zero-order valence-electron chi connectivity index (χ0n) is 20.3. The molecule has 0 aromatic carbocycles. The largest absolute Gasteiger partial charge is 0.396 e. The van der Waals surface area contributed by atoms with E-state index in [2.05, 4.69) is 39.8 Å². The Balaban J connectivity index is 1.60. The summed E-state index contributed by atoms with van der Waals surface area (Å²) in [6.45, 7) is 9.88. The highest BCUT2D eigenvalue weighted by Crippen LogP contribution is 2.66. The van der Waals surface area contributed by atoms with Crippen LogP contribution in [0.15, 0.2) is 23.3 Å². The molecule has 0 bridgehead atoms. The molecular weight excluding hydrogens is 384 g/mol. The van der Waals surface area contributed by atoms with Gasteiger partial charge in [-0.1, -0.05) is 70.3 Å². The minimum Gasteiger partial charge on any atom is -0.396 e. The molecular formula is C28H46O3. The third kappa shape index (κ3) is 3.77. The van der Waals surface area contributed by atoms with Gasteiger partial charge in [0.15, 0.2) is 0 Å². The molecule has 0 saturated heterocycles. The molecule has 0 aromatic heterocycles. The molecule has 0 aromatic rings. The first-order valence-corrected chi connectivity index (χ1v) is 13.1. The van der Waals surface area contributed by atoms with E-state index in [1.54, 1.807) is 5.57 Å². The van der Waals surface area contributed by atoms with Crippen LogP contribution < -0.4 is 0 Å². The second kappa shape index (κ2) is 8.95. The van der Waals surface area contributed by atoms with E-state index in [0.717, 1.165) is 25.2 Å². The van der Waals surface area contributed by atoms with Crippen molar-refractivity contribution in [3.05, 3.63) is 23.3 Å². The Hall–Kier alpha value is -0.640. The minimum absolute atomic E-state index is 0.200. The van der Waals surface area contributed by atoms with Gasteiger partial charge in [-0.3, -0.25) is 0 Å². The topological polar surface area (TPSA) is 60.7 Å². The Labute approximate surface area is 190 Å². The quantitative estimate of drug-likeness (QED) is 0.490. The molecule has 31 heavy (non-hydrogen) atoms. The van der Waals surface area contributed by atoms with Gasteiger partial charge in [-0.15, -0.1) is 0 Å². The molecule has 3 heteroatoms. The van der Waals surface area contributed by atoms with Crippen LogP contribution in [-0.4, -0.2) is 34.1 Å². The van der Waals surface area contributed by atoms with E-state index in [1.807, 2.05) is 0 Å². The Morgan fingerprint density at radius 3 is 2.55 bits per heavy atom. The molecule has 0 radical (unpaired) electrons. The summed E-state index contributed by atoms with van der Waals surface area (Å²) in [5, 5.41) is 31.0. The van der Waals surface area contributed by atoms with E-state index in [0.29, 0.717) is 42.1 Å². The molecule has 0 unspecified atom stereocenters. The first kappa shape index (κ1) is 23.5. The lowest BCUT2D eigenvalue weighted by Crippen LogP contribution is -2.52. The van der Waals surface area contributed by atoms with Crippen LogP contribution in [0.1, 0.15) is 91.9 Å². The van der Waals surface area contributed by atoms with Crippen LogP contribution in [0.5, 0.6) is 0 Å². The molecule has 4 aliphatic carbocycles. The highest BCUT2D eigenvalue weighted by Gasteiger charge is 2.59. The van der Waals surface area contributed by atoms with Crippen LogP contribution in [-0.2, 0) is 0 Å². The van der Waals surface area contributed by atoms with Crippen LogP contribution in [0, 0.1) is 40.4 Å². The maximum absolute atomic E-state index is 11.1. The summed E-state index contributed by atoms with van der Waals surface area (Å²) in [4.78, 5) is 0. The minimum atomic E-state index is -0.445. The number of aliphatic hydroxyl groups excluding tert-OH is 3. The van der Waals surface area contributed by atoms with Gasteiger partial charge in [0.1, 0.15) is 0 Å². The number of fused-ring (bicyclic) bond motifs is 5. The zero-order chi connectivity index (χ0) is 22.4. The summed E-state index contributed by atoms with van der Waals surface area (Å²) >= 11 is 0. The lowest BCUT2D eigenvalue weighted by Gasteiger charge is -2.56. The first-order valence-electron chi connectivity index (χ1n) is 13.1. The summed E-state index contributed by atoms with van der Waals surface area (Å²) in [6, 6.07) is 0. The van der Waals surface area contributed by atoms with Crippen molar-refractivity contribution in [2.75, 3.05) is 6.61 Å². The van der Waals surface area contributed by atoms with Crippen molar-refractivity contribution in [1.29, 1.82) is 0 Å². The Kier molecular flexibility index (Phi) is 6.79. The Morgan fingerprint density at radius 1 is 1.06 bits per heavy atom. The van der Waals surface area contributed by atoms with Crippen LogP contribution in [0.25, 0.3) is 0 Å². The third-order valence-electron chi connectivity index (χ3n) is 10.5. The Bertz CT molecular complexity index is 711. The molecule has 3 fully saturated rings. The fourth-order valence-electron chi connectivity index (χ4n) is 8.58. The van der Waals surface area contributed by atoms with Gasteiger partial charge >= 0.3 is 0 Å². The highest BCUT2D eigenvalue weighted by atomic mass is 16.3. The van der Waals surface area contributed by atoms with Crippen molar-refractivity contribution in [2.45, 2.75) is 104 Å². The normalized spacial score (nSPS) is 43.9. The summed E-state index contributed by atoms with van der Waals surface area (Å²) in [7, 11) is 0. The molecule has 0 spiro atoms. The molecule has 3 nitrogen and oxygen atoms in total. The highest BCUT2D eigenvalue weighted by molar-refractivity contribution is 5.40. The lowest BCUT2D eigenvalue weighted by molar-refractivity contribution is -0.0556. The van der Waals surface area contributed by atoms with Crippen LogP contribution >= 0.6 is 0 Å². The number of hydrogen-bond donors (Lipinski definition) is 3. The second-order valence-corrected chi connectivity index (χ2v) is 11.9. The number of unbranched alkanes of at least 4 members (excludes halogenated alkanes) is 1. The van der Waals surface area contributed by atoms with E-state index < -0.39 is 12.2 Å². The molecule has 0 heterocycles. The van der Waals surface area contributed by atoms with E-state index in [4.69, 9.17) is 0 Å². The van der Waals surface area contributed by atoms with Gasteiger partial charge in [-0.25, -0.2) is 0 Å². The zero-order valence-corrected chi connectivity index (χ0v) is 20.3. The number of aliphatic hydroxyl groups is 3. The molecule has 3 N–H and O–H groups in total. The fourth-order valence-corrected chi connectivity index (χ4v) is 8.58. The van der Waals surface area contributed by atoms with Crippen LogP contribution in [0.4, 0.5) is 0 Å². The van der Waals surface area contributed by atoms with E-state index >= 15 is 0 Å². The van der Waals surface area contributed by atoms with Crippen molar-refractivity contribution >= 4 is 0 Å². The molecule has 0 aliphatic heterocycles. The second-order valence-electron chi connectivity index (χ2n) is 11.9. The van der Waals surface area contributed by atoms with E-state index in [-0.39, 0.29) is 5.41 Å². The smallest absolute Gasteiger partial charge is 0.0661 e. The van der Waals surface area contributed by atoms with E-state index in [9.17, 15) is 15.3 Å². The Morgan fingerprint density at radius 2 is 1.84 bits per heavy atom. The van der Waals surface area contributed by atoms with Crippen LogP contribution in [0.2, 0.25) is 0 Å². The van der Waals surface area contributed by atoms with Gasteiger partial charge in [0.05, 0.1) is 12.2 Å². The number of hydrogen-bond acceptors (Lipinski definition) is 3. The predicted molar refractivity (Wildman–Crippen MR) is 126 cm³/mol. The summed E-state index contributed by atoms with van der Waals surface area (Å²) in [5.74, 6) is 3.06. The van der Waals surface area contributed by atoms with Gasteiger partial charge < -0.3 is 15.3 Å². The number of allylic oxidation sites excluding steroid dienone is 3. The fraction of sp³-hybridized carbons (Fsp3) is 0.857. The van der Waals surface area contributed by atoms with Crippen molar-refractivity contribution in [3.8, 4) is 0 Å². The summed E-state index contributed by atoms with van der Waals surface area (Å²) < 4.78 is 0. The van der Waals surface area contributed by atoms with Gasteiger partial charge in [0, 0.05) is 18.4 Å². The van der Waals surface area contributed by atoms with Gasteiger partial charge in [-0.05, 0) is 73.5 Å². The summed E-state index contributed by atoms with van der Waals surface area (Å²) in [5.41, 5.74) is 3.00. The van der Waals surface area contributed by atoms with Gasteiger partial charge in [-0.2, -0.15) is 0 Å². The maximum atomic E-state index is 11.1. The van der Waals surface area contributed by atoms with Crippen molar-refractivity contribution < 1.29 is 15.3 Å².